The molecule has 0 aliphatic heterocycles. The zero-order chi connectivity index (χ0) is 10.8. The highest BCUT2D eigenvalue weighted by atomic mass is 79.9. The highest BCUT2D eigenvalue weighted by molar-refractivity contribution is 8.93. The molecule has 0 aromatic carbocycles. The third-order valence-electron chi connectivity index (χ3n) is 2.86. The SMILES string of the molecule is Br.CCCCCCCCCCc1ccn[nH]1. The molecule has 0 aliphatic rings. The van der Waals surface area contributed by atoms with Gasteiger partial charge in [0.15, 0.2) is 0 Å². The van der Waals surface area contributed by atoms with Crippen molar-refractivity contribution in [2.24, 2.45) is 0 Å². The van der Waals surface area contributed by atoms with E-state index in [-0.39, 0.29) is 17.0 Å². The largest absolute Gasteiger partial charge is 0.283 e. The summed E-state index contributed by atoms with van der Waals surface area (Å²) in [7, 11) is 0. The molecule has 1 N–H and O–H groups in total. The molecule has 0 amide bonds. The van der Waals surface area contributed by atoms with Crippen molar-refractivity contribution in [1.29, 1.82) is 0 Å². The van der Waals surface area contributed by atoms with Crippen LogP contribution in [-0.2, 0) is 6.42 Å². The second-order valence-corrected chi connectivity index (χ2v) is 4.31. The second kappa shape index (κ2) is 11.2. The fourth-order valence-electron chi connectivity index (χ4n) is 1.87. The molecular weight excluding hydrogens is 264 g/mol. The predicted molar refractivity (Wildman–Crippen MR) is 75.2 cm³/mol. The van der Waals surface area contributed by atoms with Crippen molar-refractivity contribution in [3.05, 3.63) is 18.0 Å². The van der Waals surface area contributed by atoms with Crippen LogP contribution >= 0.6 is 17.0 Å². The summed E-state index contributed by atoms with van der Waals surface area (Å²) in [5, 5.41) is 6.95. The molecule has 1 rings (SSSR count). The fraction of sp³-hybridized carbons (Fsp3) is 0.769. The molecule has 16 heavy (non-hydrogen) atoms. The normalized spacial score (nSPS) is 10.1. The van der Waals surface area contributed by atoms with E-state index >= 15 is 0 Å². The molecule has 0 bridgehead atoms. The Bertz CT molecular complexity index is 222. The van der Waals surface area contributed by atoms with Crippen molar-refractivity contribution in [2.45, 2.75) is 64.7 Å². The number of nitrogens with zero attached hydrogens (tertiary/aromatic N) is 1. The van der Waals surface area contributed by atoms with Crippen LogP contribution in [0.3, 0.4) is 0 Å². The minimum atomic E-state index is 0. The van der Waals surface area contributed by atoms with Crippen molar-refractivity contribution >= 4 is 17.0 Å². The van der Waals surface area contributed by atoms with Crippen molar-refractivity contribution in [3.8, 4) is 0 Å². The van der Waals surface area contributed by atoms with Crippen molar-refractivity contribution in [1.82, 2.24) is 10.2 Å². The van der Waals surface area contributed by atoms with Gasteiger partial charge in [0, 0.05) is 11.9 Å². The van der Waals surface area contributed by atoms with Gasteiger partial charge in [-0.1, -0.05) is 51.9 Å². The zero-order valence-electron chi connectivity index (χ0n) is 10.4. The fourth-order valence-corrected chi connectivity index (χ4v) is 1.87. The highest BCUT2D eigenvalue weighted by Crippen LogP contribution is 2.09. The van der Waals surface area contributed by atoms with E-state index in [4.69, 9.17) is 0 Å². The third-order valence-corrected chi connectivity index (χ3v) is 2.86. The molecule has 0 saturated carbocycles. The number of hydrogen-bond acceptors (Lipinski definition) is 1. The summed E-state index contributed by atoms with van der Waals surface area (Å²) < 4.78 is 0. The molecule has 0 aliphatic carbocycles. The number of aromatic nitrogens is 2. The maximum atomic E-state index is 3.95. The number of H-pyrrole nitrogens is 1. The minimum Gasteiger partial charge on any atom is -0.283 e. The molecule has 0 saturated heterocycles. The van der Waals surface area contributed by atoms with Crippen LogP contribution in [0.5, 0.6) is 0 Å². The van der Waals surface area contributed by atoms with E-state index < -0.39 is 0 Å². The van der Waals surface area contributed by atoms with Crippen molar-refractivity contribution in [3.63, 3.8) is 0 Å². The minimum absolute atomic E-state index is 0. The van der Waals surface area contributed by atoms with E-state index in [0.29, 0.717) is 0 Å². The van der Waals surface area contributed by atoms with Gasteiger partial charge in [-0.2, -0.15) is 5.10 Å². The van der Waals surface area contributed by atoms with Crippen LogP contribution < -0.4 is 0 Å². The highest BCUT2D eigenvalue weighted by Gasteiger charge is 1.94. The van der Waals surface area contributed by atoms with Crippen LogP contribution in [0.2, 0.25) is 0 Å². The summed E-state index contributed by atoms with van der Waals surface area (Å²) in [6.07, 6.45) is 14.1. The summed E-state index contributed by atoms with van der Waals surface area (Å²) in [6.45, 7) is 2.27. The van der Waals surface area contributed by atoms with Gasteiger partial charge >= 0.3 is 0 Å². The van der Waals surface area contributed by atoms with Crippen LogP contribution in [0.25, 0.3) is 0 Å². The number of hydrogen-bond donors (Lipinski definition) is 1. The average Bonchev–Trinajstić information content (AvgIpc) is 2.75. The quantitative estimate of drug-likeness (QED) is 0.657. The number of rotatable bonds is 9. The summed E-state index contributed by atoms with van der Waals surface area (Å²) in [6, 6.07) is 2.07. The smallest absolute Gasteiger partial charge is 0.0490 e. The summed E-state index contributed by atoms with van der Waals surface area (Å²) in [4.78, 5) is 0. The van der Waals surface area contributed by atoms with Crippen LogP contribution in [0.4, 0.5) is 0 Å². The van der Waals surface area contributed by atoms with Gasteiger partial charge in [-0.05, 0) is 18.9 Å². The molecule has 3 heteroatoms. The lowest BCUT2D eigenvalue weighted by atomic mass is 10.1. The topological polar surface area (TPSA) is 28.7 Å². The molecule has 0 unspecified atom stereocenters. The van der Waals surface area contributed by atoms with E-state index in [1.54, 1.807) is 0 Å². The van der Waals surface area contributed by atoms with Gasteiger partial charge in [0.1, 0.15) is 0 Å². The van der Waals surface area contributed by atoms with Gasteiger partial charge in [0.2, 0.25) is 0 Å². The van der Waals surface area contributed by atoms with Crippen LogP contribution in [0, 0.1) is 0 Å². The van der Waals surface area contributed by atoms with E-state index in [9.17, 15) is 0 Å². The van der Waals surface area contributed by atoms with Crippen molar-refractivity contribution < 1.29 is 0 Å². The lowest BCUT2D eigenvalue weighted by Crippen LogP contribution is -1.86. The molecule has 2 nitrogen and oxygen atoms in total. The predicted octanol–water partition coefficient (Wildman–Crippen LogP) is 4.67. The summed E-state index contributed by atoms with van der Waals surface area (Å²) in [5.41, 5.74) is 1.28. The number of aryl methyl sites for hydroxylation is 1. The first kappa shape index (κ1) is 15.7. The molecule has 0 atom stereocenters. The van der Waals surface area contributed by atoms with Gasteiger partial charge < -0.3 is 0 Å². The van der Waals surface area contributed by atoms with E-state index in [0.717, 1.165) is 6.42 Å². The van der Waals surface area contributed by atoms with E-state index in [2.05, 4.69) is 23.2 Å². The Kier molecular flexibility index (Phi) is 11.0. The molecule has 1 aromatic rings. The van der Waals surface area contributed by atoms with E-state index in [1.807, 2.05) is 6.20 Å². The van der Waals surface area contributed by atoms with Gasteiger partial charge in [-0.15, -0.1) is 17.0 Å². The number of unbranched alkanes of at least 4 members (excludes halogenated alkanes) is 7. The molecular formula is C13H25BrN2. The first-order valence-electron chi connectivity index (χ1n) is 6.41. The van der Waals surface area contributed by atoms with Crippen LogP contribution in [-0.4, -0.2) is 10.2 Å². The Balaban J connectivity index is 0.00000225. The van der Waals surface area contributed by atoms with Crippen LogP contribution in [0.1, 0.15) is 64.0 Å². The summed E-state index contributed by atoms with van der Waals surface area (Å²) >= 11 is 0. The van der Waals surface area contributed by atoms with Gasteiger partial charge in [0.25, 0.3) is 0 Å². The summed E-state index contributed by atoms with van der Waals surface area (Å²) in [5.74, 6) is 0. The molecule has 94 valence electrons. The Labute approximate surface area is 110 Å². The lowest BCUT2D eigenvalue weighted by Gasteiger charge is -2.00. The van der Waals surface area contributed by atoms with E-state index in [1.165, 1.54) is 57.1 Å². The van der Waals surface area contributed by atoms with Gasteiger partial charge in [-0.3, -0.25) is 5.10 Å². The van der Waals surface area contributed by atoms with Gasteiger partial charge in [-0.25, -0.2) is 0 Å². The van der Waals surface area contributed by atoms with Crippen LogP contribution in [0.15, 0.2) is 12.3 Å². The monoisotopic (exact) mass is 288 g/mol. The number of aromatic amines is 1. The zero-order valence-corrected chi connectivity index (χ0v) is 12.1. The molecule has 0 spiro atoms. The first-order chi connectivity index (χ1) is 7.43. The molecule has 0 fully saturated rings. The second-order valence-electron chi connectivity index (χ2n) is 4.31. The Morgan fingerprint density at radius 1 is 1.00 bits per heavy atom. The Morgan fingerprint density at radius 2 is 1.62 bits per heavy atom. The standard InChI is InChI=1S/C13H24N2.BrH/c1-2-3-4-5-6-7-8-9-10-13-11-12-14-15-13;/h11-12H,2-10H2,1H3,(H,14,15);1H. The van der Waals surface area contributed by atoms with Gasteiger partial charge in [0.05, 0.1) is 0 Å². The maximum absolute atomic E-state index is 3.95. The molecule has 1 aromatic heterocycles. The Hall–Kier alpha value is -0.310. The molecule has 1 heterocycles. The lowest BCUT2D eigenvalue weighted by molar-refractivity contribution is 0.574. The Morgan fingerprint density at radius 3 is 2.19 bits per heavy atom. The number of halogens is 1. The first-order valence-corrected chi connectivity index (χ1v) is 6.41. The molecule has 0 radical (unpaired) electrons. The third kappa shape index (κ3) is 7.91. The maximum Gasteiger partial charge on any atom is 0.0490 e. The number of nitrogens with one attached hydrogen (secondary N) is 1. The average molecular weight is 289 g/mol. The van der Waals surface area contributed by atoms with Crippen molar-refractivity contribution in [2.75, 3.05) is 0 Å².